The minimum absolute atomic E-state index is 0.170. The molecular weight excluding hydrogens is 356 g/mol. The van der Waals surface area contributed by atoms with Crippen LogP contribution in [-0.4, -0.2) is 44.9 Å². The largest absolute Gasteiger partial charge is 0.471 e. The second-order valence-electron chi connectivity index (χ2n) is 5.94. The van der Waals surface area contributed by atoms with Gasteiger partial charge in [-0.15, -0.1) is 0 Å². The van der Waals surface area contributed by atoms with Gasteiger partial charge in [-0.3, -0.25) is 9.89 Å². The maximum atomic E-state index is 12.3. The molecule has 0 radical (unpaired) electrons. The Labute approximate surface area is 155 Å². The molecule has 0 aliphatic carbocycles. The minimum atomic E-state index is -0.339. The number of anilines is 1. The second-order valence-corrected chi connectivity index (χ2v) is 6.38. The molecule has 136 valence electrons. The predicted octanol–water partition coefficient (Wildman–Crippen LogP) is 2.61. The van der Waals surface area contributed by atoms with Crippen LogP contribution in [0.1, 0.15) is 16.2 Å². The third-order valence-corrected chi connectivity index (χ3v) is 3.63. The number of halogens is 1. The Morgan fingerprint density at radius 2 is 2.19 bits per heavy atom. The molecule has 0 bridgehead atoms. The van der Waals surface area contributed by atoms with Gasteiger partial charge < -0.3 is 15.0 Å². The topological polar surface area (TPSA) is 88.1 Å². The van der Waals surface area contributed by atoms with Crippen LogP contribution >= 0.6 is 11.6 Å². The summed E-state index contributed by atoms with van der Waals surface area (Å²) >= 11 is 5.91. The van der Waals surface area contributed by atoms with E-state index in [0.717, 1.165) is 5.69 Å². The molecule has 0 saturated carbocycles. The second kappa shape index (κ2) is 8.03. The van der Waals surface area contributed by atoms with Gasteiger partial charge in [0.1, 0.15) is 5.75 Å². The van der Waals surface area contributed by atoms with Crippen molar-refractivity contribution in [1.82, 2.24) is 24.9 Å². The van der Waals surface area contributed by atoms with E-state index >= 15 is 0 Å². The van der Waals surface area contributed by atoms with Crippen molar-refractivity contribution in [3.05, 3.63) is 59.0 Å². The lowest BCUT2D eigenvalue weighted by molar-refractivity contribution is 0.102. The lowest BCUT2D eigenvalue weighted by Crippen LogP contribution is -2.14. The number of H-pyrrole nitrogens is 1. The van der Waals surface area contributed by atoms with Crippen LogP contribution in [0.5, 0.6) is 5.75 Å². The van der Waals surface area contributed by atoms with Gasteiger partial charge >= 0.3 is 0 Å². The van der Waals surface area contributed by atoms with Gasteiger partial charge in [-0.2, -0.15) is 10.2 Å². The summed E-state index contributed by atoms with van der Waals surface area (Å²) in [6.45, 7) is 0.876. The number of hydrogen-bond acceptors (Lipinski definition) is 5. The number of benzene rings is 1. The molecule has 0 spiro atoms. The third-order valence-electron chi connectivity index (χ3n) is 3.39. The minimum Gasteiger partial charge on any atom is -0.471 e. The van der Waals surface area contributed by atoms with Crippen LogP contribution in [0.15, 0.2) is 42.6 Å². The summed E-state index contributed by atoms with van der Waals surface area (Å²) < 4.78 is 7.11. The van der Waals surface area contributed by atoms with Crippen molar-refractivity contribution < 1.29 is 9.53 Å². The quantitative estimate of drug-likeness (QED) is 0.663. The Morgan fingerprint density at radius 1 is 1.35 bits per heavy atom. The first-order valence-electron chi connectivity index (χ1n) is 7.92. The maximum Gasteiger partial charge on any atom is 0.277 e. The molecule has 3 aromatic rings. The van der Waals surface area contributed by atoms with Crippen LogP contribution < -0.4 is 10.1 Å². The van der Waals surface area contributed by atoms with Crippen LogP contribution in [0, 0.1) is 0 Å². The van der Waals surface area contributed by atoms with E-state index < -0.39 is 0 Å². The fourth-order valence-electron chi connectivity index (χ4n) is 2.28. The van der Waals surface area contributed by atoms with Crippen LogP contribution in [-0.2, 0) is 13.3 Å². The van der Waals surface area contributed by atoms with E-state index in [2.05, 4.69) is 20.6 Å². The number of aromatic amines is 1. The molecule has 0 aliphatic heterocycles. The highest BCUT2D eigenvalue weighted by Gasteiger charge is 2.12. The maximum absolute atomic E-state index is 12.3. The molecule has 9 heteroatoms. The van der Waals surface area contributed by atoms with Gasteiger partial charge in [0.2, 0.25) is 0 Å². The Balaban J connectivity index is 1.56. The Morgan fingerprint density at radius 3 is 2.96 bits per heavy atom. The lowest BCUT2D eigenvalue weighted by atomic mass is 10.3. The van der Waals surface area contributed by atoms with E-state index in [1.165, 1.54) is 4.68 Å². The third kappa shape index (κ3) is 4.84. The Kier molecular flexibility index (Phi) is 5.55. The molecule has 3 rings (SSSR count). The first-order valence-corrected chi connectivity index (χ1v) is 8.29. The molecule has 2 N–H and O–H groups in total. The molecule has 0 aliphatic rings. The van der Waals surface area contributed by atoms with Crippen LogP contribution in [0.2, 0.25) is 5.02 Å². The summed E-state index contributed by atoms with van der Waals surface area (Å²) in [5.74, 6) is 0.745. The van der Waals surface area contributed by atoms with Gasteiger partial charge in [0.05, 0.1) is 5.69 Å². The average molecular weight is 375 g/mol. The summed E-state index contributed by atoms with van der Waals surface area (Å²) in [4.78, 5) is 14.3. The summed E-state index contributed by atoms with van der Waals surface area (Å²) in [7, 11) is 3.91. The van der Waals surface area contributed by atoms with Crippen molar-refractivity contribution in [2.75, 3.05) is 19.4 Å². The fraction of sp³-hybridized carbons (Fsp3) is 0.235. The highest BCUT2D eigenvalue weighted by Crippen LogP contribution is 2.17. The van der Waals surface area contributed by atoms with E-state index in [-0.39, 0.29) is 18.3 Å². The number of nitrogens with one attached hydrogen (secondary N) is 2. The molecule has 8 nitrogen and oxygen atoms in total. The molecule has 1 aromatic carbocycles. The summed E-state index contributed by atoms with van der Waals surface area (Å²) in [6, 6.07) is 10.5. The molecular formula is C17H19ClN6O2. The van der Waals surface area contributed by atoms with Gasteiger partial charge in [0.15, 0.2) is 18.2 Å². The van der Waals surface area contributed by atoms with E-state index in [0.29, 0.717) is 23.1 Å². The number of amides is 1. The molecule has 1 amide bonds. The zero-order valence-electron chi connectivity index (χ0n) is 14.4. The summed E-state index contributed by atoms with van der Waals surface area (Å²) in [5.41, 5.74) is 1.18. The number of nitrogens with zero attached hydrogens (tertiary/aromatic N) is 4. The number of hydrogen-bond donors (Lipinski definition) is 2. The molecule has 0 fully saturated rings. The fourth-order valence-corrected chi connectivity index (χ4v) is 2.46. The molecule has 2 aromatic heterocycles. The molecule has 0 unspecified atom stereocenters. The van der Waals surface area contributed by atoms with Crippen molar-refractivity contribution in [3.8, 4) is 5.75 Å². The highest BCUT2D eigenvalue weighted by atomic mass is 35.5. The predicted molar refractivity (Wildman–Crippen MR) is 98.2 cm³/mol. The van der Waals surface area contributed by atoms with Crippen molar-refractivity contribution >= 4 is 23.3 Å². The van der Waals surface area contributed by atoms with Crippen LogP contribution in [0.3, 0.4) is 0 Å². The van der Waals surface area contributed by atoms with Crippen molar-refractivity contribution in [2.24, 2.45) is 0 Å². The zero-order valence-corrected chi connectivity index (χ0v) is 15.2. The average Bonchev–Trinajstić information content (AvgIpc) is 3.22. The van der Waals surface area contributed by atoms with E-state index in [4.69, 9.17) is 16.3 Å². The molecule has 0 saturated heterocycles. The summed E-state index contributed by atoms with van der Waals surface area (Å²) in [6.07, 6.45) is 1.67. The lowest BCUT2D eigenvalue weighted by Gasteiger charge is -2.06. The molecule has 26 heavy (non-hydrogen) atoms. The van der Waals surface area contributed by atoms with Crippen molar-refractivity contribution in [1.29, 1.82) is 0 Å². The number of carbonyl (C=O) groups is 1. The normalized spacial score (nSPS) is 10.9. The Bertz CT molecular complexity index is 889. The van der Waals surface area contributed by atoms with E-state index in [1.807, 2.05) is 19.0 Å². The van der Waals surface area contributed by atoms with Crippen LogP contribution in [0.25, 0.3) is 0 Å². The van der Waals surface area contributed by atoms with Gasteiger partial charge in [0.25, 0.3) is 5.91 Å². The zero-order chi connectivity index (χ0) is 18.5. The van der Waals surface area contributed by atoms with Gasteiger partial charge in [0, 0.05) is 23.8 Å². The Hall–Kier alpha value is -2.84. The van der Waals surface area contributed by atoms with Crippen LogP contribution in [0.4, 0.5) is 5.82 Å². The van der Waals surface area contributed by atoms with E-state index in [9.17, 15) is 4.79 Å². The number of carbonyl (C=O) groups excluding carboxylic acids is 1. The smallest absolute Gasteiger partial charge is 0.277 e. The summed E-state index contributed by atoms with van der Waals surface area (Å²) in [5, 5.41) is 14.5. The SMILES string of the molecule is CN(C)Cc1cc(NC(=O)c2ccn(COc3cccc(Cl)c3)n2)n[nH]1. The number of rotatable bonds is 7. The first kappa shape index (κ1) is 18.0. The van der Waals surface area contributed by atoms with E-state index in [1.54, 1.807) is 42.6 Å². The first-order chi connectivity index (χ1) is 12.5. The van der Waals surface area contributed by atoms with Gasteiger partial charge in [-0.25, -0.2) is 4.68 Å². The number of aromatic nitrogens is 4. The highest BCUT2D eigenvalue weighted by molar-refractivity contribution is 6.30. The van der Waals surface area contributed by atoms with Gasteiger partial charge in [-0.05, 0) is 38.4 Å². The van der Waals surface area contributed by atoms with Crippen molar-refractivity contribution in [2.45, 2.75) is 13.3 Å². The van der Waals surface area contributed by atoms with Gasteiger partial charge in [-0.1, -0.05) is 17.7 Å². The standard InChI is InChI=1S/C17H19ClN6O2/c1-23(2)10-13-9-16(21-20-13)19-17(25)15-6-7-24(22-15)11-26-14-5-3-4-12(18)8-14/h3-9H,10-11H2,1-2H3,(H2,19,20,21,25). The van der Waals surface area contributed by atoms with Crippen molar-refractivity contribution in [3.63, 3.8) is 0 Å². The number of ether oxygens (including phenoxy) is 1. The molecule has 2 heterocycles. The monoisotopic (exact) mass is 374 g/mol. The molecule has 0 atom stereocenters.